The normalized spacial score (nSPS) is 17.5. The Balaban J connectivity index is 1.53. The van der Waals surface area contributed by atoms with Gasteiger partial charge in [-0.3, -0.25) is 14.9 Å². The molecule has 1 fully saturated rings. The summed E-state index contributed by atoms with van der Waals surface area (Å²) in [6.07, 6.45) is 0. The highest BCUT2D eigenvalue weighted by molar-refractivity contribution is 5.24. The molecule has 0 aromatic carbocycles. The molecule has 2 aromatic heterocycles. The van der Waals surface area contributed by atoms with E-state index in [0.29, 0.717) is 0 Å². The number of furan rings is 1. The third kappa shape index (κ3) is 4.05. The van der Waals surface area contributed by atoms with Crippen LogP contribution in [0.25, 0.3) is 0 Å². The smallest absolute Gasteiger partial charge is 0.164 e. The van der Waals surface area contributed by atoms with Crippen LogP contribution in [0.1, 0.15) is 49.5 Å². The lowest BCUT2D eigenvalue weighted by Gasteiger charge is -2.33. The Labute approximate surface area is 144 Å². The van der Waals surface area contributed by atoms with Gasteiger partial charge in [-0.1, -0.05) is 20.8 Å². The minimum absolute atomic E-state index is 0.0659. The molecule has 1 aliphatic heterocycles. The maximum Gasteiger partial charge on any atom is 0.164 e. The van der Waals surface area contributed by atoms with E-state index in [1.54, 1.807) is 0 Å². The molecular formula is C18H29N5O. The molecule has 6 heteroatoms. The molecule has 24 heavy (non-hydrogen) atoms. The highest BCUT2D eigenvalue weighted by atomic mass is 16.3. The minimum Gasteiger partial charge on any atom is -0.465 e. The van der Waals surface area contributed by atoms with Gasteiger partial charge in [0.25, 0.3) is 0 Å². The van der Waals surface area contributed by atoms with Gasteiger partial charge < -0.3 is 4.42 Å². The maximum absolute atomic E-state index is 5.97. The van der Waals surface area contributed by atoms with Crippen LogP contribution >= 0.6 is 0 Å². The summed E-state index contributed by atoms with van der Waals surface area (Å²) in [5.41, 5.74) is 1.38. The van der Waals surface area contributed by atoms with Gasteiger partial charge in [-0.2, -0.15) is 5.10 Å². The fourth-order valence-electron chi connectivity index (χ4n) is 3.05. The average Bonchev–Trinajstić information content (AvgIpc) is 3.07. The van der Waals surface area contributed by atoms with Crippen molar-refractivity contribution in [1.29, 1.82) is 0 Å². The molecule has 0 atom stereocenters. The van der Waals surface area contributed by atoms with E-state index >= 15 is 0 Å². The van der Waals surface area contributed by atoms with Gasteiger partial charge >= 0.3 is 0 Å². The topological polar surface area (TPSA) is 61.2 Å². The molecule has 1 N–H and O–H groups in total. The van der Waals surface area contributed by atoms with E-state index in [-0.39, 0.29) is 5.41 Å². The van der Waals surface area contributed by atoms with Crippen LogP contribution in [0.15, 0.2) is 10.5 Å². The standard InChI is InChI=1S/C18H29N5O/c1-13-15(10-16(24-13)18(3,4)5)11-22-6-8-23(9-7-22)12-17-19-14(2)20-21-17/h10H,6-9,11-12H2,1-5H3,(H,19,20,21). The monoisotopic (exact) mass is 331 g/mol. The average molecular weight is 331 g/mol. The zero-order valence-electron chi connectivity index (χ0n) is 15.5. The number of nitrogens with zero attached hydrogens (tertiary/aromatic N) is 4. The summed E-state index contributed by atoms with van der Waals surface area (Å²) in [5.74, 6) is 3.90. The summed E-state index contributed by atoms with van der Waals surface area (Å²) < 4.78 is 5.97. The van der Waals surface area contributed by atoms with E-state index in [1.165, 1.54) is 5.56 Å². The molecule has 0 amide bonds. The van der Waals surface area contributed by atoms with Crippen molar-refractivity contribution in [3.63, 3.8) is 0 Å². The fourth-order valence-corrected chi connectivity index (χ4v) is 3.05. The van der Waals surface area contributed by atoms with Crippen LogP contribution < -0.4 is 0 Å². The summed E-state index contributed by atoms with van der Waals surface area (Å²) in [6, 6.07) is 2.23. The van der Waals surface area contributed by atoms with E-state index in [0.717, 1.165) is 62.4 Å². The van der Waals surface area contributed by atoms with Crippen molar-refractivity contribution in [2.24, 2.45) is 0 Å². The van der Waals surface area contributed by atoms with Crippen molar-refractivity contribution < 1.29 is 4.42 Å². The molecule has 1 aliphatic rings. The largest absolute Gasteiger partial charge is 0.465 e. The zero-order chi connectivity index (χ0) is 17.3. The Morgan fingerprint density at radius 1 is 1.08 bits per heavy atom. The van der Waals surface area contributed by atoms with Gasteiger partial charge in [0.05, 0.1) is 6.54 Å². The van der Waals surface area contributed by atoms with E-state index in [9.17, 15) is 0 Å². The summed E-state index contributed by atoms with van der Waals surface area (Å²) in [7, 11) is 0. The number of hydrogen-bond acceptors (Lipinski definition) is 5. The summed E-state index contributed by atoms with van der Waals surface area (Å²) in [6.45, 7) is 16.6. The molecule has 0 radical (unpaired) electrons. The number of aromatic nitrogens is 3. The Bertz CT molecular complexity index is 674. The quantitative estimate of drug-likeness (QED) is 0.933. The molecule has 132 valence electrons. The second-order valence-corrected chi connectivity index (χ2v) is 7.83. The van der Waals surface area contributed by atoms with Crippen molar-refractivity contribution in [3.8, 4) is 0 Å². The molecule has 3 heterocycles. The Morgan fingerprint density at radius 2 is 1.71 bits per heavy atom. The number of piperazine rings is 1. The van der Waals surface area contributed by atoms with Crippen LogP contribution in [-0.2, 0) is 18.5 Å². The lowest BCUT2D eigenvalue weighted by atomic mass is 9.93. The predicted molar refractivity (Wildman–Crippen MR) is 93.8 cm³/mol. The van der Waals surface area contributed by atoms with Crippen LogP contribution in [0.3, 0.4) is 0 Å². The first-order valence-electron chi connectivity index (χ1n) is 8.73. The van der Waals surface area contributed by atoms with Crippen LogP contribution in [0.2, 0.25) is 0 Å². The number of nitrogens with one attached hydrogen (secondary N) is 1. The number of rotatable bonds is 4. The third-order valence-electron chi connectivity index (χ3n) is 4.63. The van der Waals surface area contributed by atoms with E-state index in [1.807, 2.05) is 6.92 Å². The SMILES string of the molecule is Cc1nc(CN2CCN(Cc3cc(C(C)(C)C)oc3C)CC2)n[nH]1. The van der Waals surface area contributed by atoms with Crippen molar-refractivity contribution in [2.75, 3.05) is 26.2 Å². The molecule has 2 aromatic rings. The van der Waals surface area contributed by atoms with Gasteiger partial charge in [-0.25, -0.2) is 4.98 Å². The van der Waals surface area contributed by atoms with Crippen LogP contribution in [0, 0.1) is 13.8 Å². The van der Waals surface area contributed by atoms with Crippen LogP contribution in [-0.4, -0.2) is 51.2 Å². The third-order valence-corrected chi connectivity index (χ3v) is 4.63. The van der Waals surface area contributed by atoms with Gasteiger partial charge in [-0.15, -0.1) is 0 Å². The molecule has 0 bridgehead atoms. The van der Waals surface area contributed by atoms with Gasteiger partial charge in [0.2, 0.25) is 0 Å². The number of hydrogen-bond donors (Lipinski definition) is 1. The first-order valence-corrected chi connectivity index (χ1v) is 8.73. The molecule has 6 nitrogen and oxygen atoms in total. The molecule has 0 aliphatic carbocycles. The molecule has 0 spiro atoms. The second kappa shape index (κ2) is 6.69. The maximum atomic E-state index is 5.97. The van der Waals surface area contributed by atoms with Crippen molar-refractivity contribution in [1.82, 2.24) is 25.0 Å². The lowest BCUT2D eigenvalue weighted by Crippen LogP contribution is -2.45. The number of H-pyrrole nitrogens is 1. The van der Waals surface area contributed by atoms with Crippen LogP contribution in [0.5, 0.6) is 0 Å². The van der Waals surface area contributed by atoms with E-state index in [2.05, 4.69) is 58.7 Å². The number of aromatic amines is 1. The first-order chi connectivity index (χ1) is 11.3. The zero-order valence-corrected chi connectivity index (χ0v) is 15.5. The van der Waals surface area contributed by atoms with Gasteiger partial charge in [0.1, 0.15) is 17.3 Å². The van der Waals surface area contributed by atoms with Gasteiger partial charge in [-0.05, 0) is 19.9 Å². The molecule has 3 rings (SSSR count). The summed E-state index contributed by atoms with van der Waals surface area (Å²) in [4.78, 5) is 9.32. The lowest BCUT2D eigenvalue weighted by molar-refractivity contribution is 0.119. The van der Waals surface area contributed by atoms with Crippen LogP contribution in [0.4, 0.5) is 0 Å². The van der Waals surface area contributed by atoms with Crippen molar-refractivity contribution in [2.45, 2.75) is 53.1 Å². The summed E-state index contributed by atoms with van der Waals surface area (Å²) in [5, 5.41) is 7.14. The predicted octanol–water partition coefficient (Wildman–Crippen LogP) is 2.63. The summed E-state index contributed by atoms with van der Waals surface area (Å²) >= 11 is 0. The minimum atomic E-state index is 0.0659. The molecule has 0 saturated carbocycles. The number of aryl methyl sites for hydroxylation is 2. The molecular weight excluding hydrogens is 302 g/mol. The molecule has 0 unspecified atom stereocenters. The Kier molecular flexibility index (Phi) is 4.78. The highest BCUT2D eigenvalue weighted by Gasteiger charge is 2.23. The van der Waals surface area contributed by atoms with Crippen molar-refractivity contribution in [3.05, 3.63) is 34.8 Å². The fraction of sp³-hybridized carbons (Fsp3) is 0.667. The van der Waals surface area contributed by atoms with Crippen molar-refractivity contribution >= 4 is 0 Å². The Hall–Kier alpha value is -1.66. The first kappa shape index (κ1) is 17.2. The highest BCUT2D eigenvalue weighted by Crippen LogP contribution is 2.27. The van der Waals surface area contributed by atoms with E-state index in [4.69, 9.17) is 4.42 Å². The van der Waals surface area contributed by atoms with E-state index < -0.39 is 0 Å². The second-order valence-electron chi connectivity index (χ2n) is 7.83. The van der Waals surface area contributed by atoms with Gasteiger partial charge in [0.15, 0.2) is 5.82 Å². The van der Waals surface area contributed by atoms with Gasteiger partial charge in [0, 0.05) is 43.7 Å². The Morgan fingerprint density at radius 3 is 2.21 bits per heavy atom. The molecule has 1 saturated heterocycles.